The molecule has 2 heteroatoms. The highest BCUT2D eigenvalue weighted by molar-refractivity contribution is 6.10. The Balaban J connectivity index is 1.45. The minimum absolute atomic E-state index is 0.106. The Kier molecular flexibility index (Phi) is 6.66. The van der Waals surface area contributed by atoms with Gasteiger partial charge in [-0.05, 0) is 69.8 Å². The number of benzene rings is 5. The molecule has 2 nitrogen and oxygen atoms in total. The summed E-state index contributed by atoms with van der Waals surface area (Å²) in [6.07, 6.45) is 0. The minimum Gasteiger partial charge on any atom is -0.311 e. The van der Waals surface area contributed by atoms with Gasteiger partial charge in [0.15, 0.2) is 0 Å². The fourth-order valence-electron chi connectivity index (χ4n) is 5.56. The molecule has 0 N–H and O–H groups in total. The number of rotatable bonds is 4. The van der Waals surface area contributed by atoms with Crippen molar-refractivity contribution < 1.29 is 0 Å². The fourth-order valence-corrected chi connectivity index (χ4v) is 5.56. The number of anilines is 3. The lowest BCUT2D eigenvalue weighted by Gasteiger charge is -2.28. The average molecular weight is 535 g/mol. The Bertz CT molecular complexity index is 1760. The molecule has 0 amide bonds. The maximum Gasteiger partial charge on any atom is 0.0788 e. The van der Waals surface area contributed by atoms with Gasteiger partial charge in [-0.25, -0.2) is 4.98 Å². The molecule has 41 heavy (non-hydrogen) atoms. The first-order chi connectivity index (χ1) is 19.6. The number of para-hydroxylation sites is 1. The number of hydrogen-bond donors (Lipinski definition) is 0. The third-order valence-electron chi connectivity index (χ3n) is 7.99. The van der Waals surface area contributed by atoms with Crippen LogP contribution in [-0.4, -0.2) is 4.98 Å². The molecular formula is C39H38N2. The summed E-state index contributed by atoms with van der Waals surface area (Å²) >= 11 is 0. The van der Waals surface area contributed by atoms with E-state index in [9.17, 15) is 0 Å². The van der Waals surface area contributed by atoms with Crippen molar-refractivity contribution in [2.45, 2.75) is 52.4 Å². The second kappa shape index (κ2) is 10.2. The molecule has 0 radical (unpaired) electrons. The summed E-state index contributed by atoms with van der Waals surface area (Å²) in [6.45, 7) is 13.5. The zero-order valence-electron chi connectivity index (χ0n) is 24.9. The second-order valence-corrected chi connectivity index (χ2v) is 13.0. The molecule has 0 saturated heterocycles. The van der Waals surface area contributed by atoms with Gasteiger partial charge in [-0.2, -0.15) is 0 Å². The number of fused-ring (bicyclic) bond motifs is 3. The van der Waals surface area contributed by atoms with Crippen LogP contribution < -0.4 is 4.90 Å². The van der Waals surface area contributed by atoms with E-state index >= 15 is 0 Å². The maximum atomic E-state index is 5.12. The van der Waals surface area contributed by atoms with E-state index in [0.717, 1.165) is 33.8 Å². The van der Waals surface area contributed by atoms with Crippen LogP contribution in [-0.2, 0) is 10.8 Å². The molecule has 6 rings (SSSR count). The first-order valence-corrected chi connectivity index (χ1v) is 14.5. The molecular weight excluding hydrogens is 496 g/mol. The third kappa shape index (κ3) is 5.23. The normalized spacial score (nSPS) is 12.1. The topological polar surface area (TPSA) is 16.1 Å². The number of pyridine rings is 1. The molecule has 0 aliphatic rings. The van der Waals surface area contributed by atoms with Crippen LogP contribution in [0, 0.1) is 0 Å². The Labute approximate surface area is 244 Å². The van der Waals surface area contributed by atoms with Crippen LogP contribution >= 0.6 is 0 Å². The van der Waals surface area contributed by atoms with Crippen LogP contribution in [0.2, 0.25) is 0 Å². The van der Waals surface area contributed by atoms with Crippen molar-refractivity contribution in [2.75, 3.05) is 4.90 Å². The first-order valence-electron chi connectivity index (χ1n) is 14.5. The monoisotopic (exact) mass is 534 g/mol. The molecule has 0 aliphatic heterocycles. The number of hydrogen-bond acceptors (Lipinski definition) is 2. The predicted octanol–water partition coefficient (Wildman–Crippen LogP) is 11.1. The van der Waals surface area contributed by atoms with E-state index in [1.807, 2.05) is 0 Å². The average Bonchev–Trinajstić information content (AvgIpc) is 2.97. The Morgan fingerprint density at radius 2 is 0.854 bits per heavy atom. The largest absolute Gasteiger partial charge is 0.311 e. The van der Waals surface area contributed by atoms with E-state index in [-0.39, 0.29) is 10.8 Å². The molecule has 1 aromatic heterocycles. The summed E-state index contributed by atoms with van der Waals surface area (Å²) in [4.78, 5) is 7.46. The highest BCUT2D eigenvalue weighted by Gasteiger charge is 2.19. The predicted molar refractivity (Wildman–Crippen MR) is 177 cm³/mol. The maximum absolute atomic E-state index is 5.12. The van der Waals surface area contributed by atoms with Gasteiger partial charge in [0.1, 0.15) is 0 Å². The molecule has 6 aromatic rings. The summed E-state index contributed by atoms with van der Waals surface area (Å²) < 4.78 is 0. The van der Waals surface area contributed by atoms with Crippen LogP contribution in [0.5, 0.6) is 0 Å². The fraction of sp³-hybridized carbons (Fsp3) is 0.205. The third-order valence-corrected chi connectivity index (χ3v) is 7.99. The van der Waals surface area contributed by atoms with E-state index < -0.39 is 0 Å². The molecule has 5 aromatic carbocycles. The highest BCUT2D eigenvalue weighted by atomic mass is 15.1. The quantitative estimate of drug-likeness (QED) is 0.209. The number of nitrogens with zero attached hydrogens (tertiary/aromatic N) is 2. The van der Waals surface area contributed by atoms with Gasteiger partial charge in [0.05, 0.1) is 11.2 Å². The summed E-state index contributed by atoms with van der Waals surface area (Å²) in [5, 5.41) is 3.59. The SMILES string of the molecule is CC(C)(C)c1ccc(N(c2ccc(-c3nc4ccccc4c4ccccc34)cc2)c2ccc(C(C)(C)C)cc2)cc1. The van der Waals surface area contributed by atoms with Gasteiger partial charge < -0.3 is 4.90 Å². The van der Waals surface area contributed by atoms with Crippen molar-refractivity contribution >= 4 is 38.7 Å². The van der Waals surface area contributed by atoms with E-state index in [1.54, 1.807) is 0 Å². The zero-order chi connectivity index (χ0) is 28.8. The highest BCUT2D eigenvalue weighted by Crippen LogP contribution is 2.39. The molecule has 0 atom stereocenters. The molecule has 0 saturated carbocycles. The first kappa shape index (κ1) is 26.8. The lowest BCUT2D eigenvalue weighted by molar-refractivity contribution is 0.590. The lowest BCUT2D eigenvalue weighted by Crippen LogP contribution is -2.14. The van der Waals surface area contributed by atoms with Gasteiger partial charge in [-0.3, -0.25) is 0 Å². The van der Waals surface area contributed by atoms with E-state index in [2.05, 4.69) is 168 Å². The molecule has 1 heterocycles. The van der Waals surface area contributed by atoms with Crippen LogP contribution in [0.1, 0.15) is 52.7 Å². The van der Waals surface area contributed by atoms with Gasteiger partial charge in [0.2, 0.25) is 0 Å². The standard InChI is InChI=1S/C39H38N2/c1-38(2,3)28-17-23-31(24-18-28)41(32-25-19-29(20-26-32)39(4,5)6)30-21-15-27(16-22-30)37-35-13-8-7-11-33(35)34-12-9-10-14-36(34)40-37/h7-26H,1-6H3. The van der Waals surface area contributed by atoms with Crippen LogP contribution in [0.25, 0.3) is 32.9 Å². The van der Waals surface area contributed by atoms with Gasteiger partial charge in [-0.1, -0.05) is 120 Å². The van der Waals surface area contributed by atoms with Crippen molar-refractivity contribution in [1.82, 2.24) is 4.98 Å². The van der Waals surface area contributed by atoms with E-state index in [0.29, 0.717) is 0 Å². The molecule has 0 aliphatic carbocycles. The van der Waals surface area contributed by atoms with Gasteiger partial charge in [0.25, 0.3) is 0 Å². The van der Waals surface area contributed by atoms with Crippen molar-refractivity contribution in [3.8, 4) is 11.3 Å². The van der Waals surface area contributed by atoms with Crippen molar-refractivity contribution in [3.63, 3.8) is 0 Å². The summed E-state index contributed by atoms with van der Waals surface area (Å²) in [6, 6.07) is 43.8. The van der Waals surface area contributed by atoms with Crippen LogP contribution in [0.15, 0.2) is 121 Å². The lowest BCUT2D eigenvalue weighted by atomic mass is 9.86. The summed E-state index contributed by atoms with van der Waals surface area (Å²) in [5.41, 5.74) is 9.41. The van der Waals surface area contributed by atoms with E-state index in [1.165, 1.54) is 27.3 Å². The molecule has 0 bridgehead atoms. The Morgan fingerprint density at radius 3 is 1.34 bits per heavy atom. The smallest absolute Gasteiger partial charge is 0.0788 e. The van der Waals surface area contributed by atoms with E-state index in [4.69, 9.17) is 4.98 Å². The van der Waals surface area contributed by atoms with Crippen molar-refractivity contribution in [2.24, 2.45) is 0 Å². The minimum atomic E-state index is 0.106. The Morgan fingerprint density at radius 1 is 0.439 bits per heavy atom. The summed E-state index contributed by atoms with van der Waals surface area (Å²) in [5.74, 6) is 0. The van der Waals surface area contributed by atoms with Crippen molar-refractivity contribution in [1.29, 1.82) is 0 Å². The van der Waals surface area contributed by atoms with Gasteiger partial charge >= 0.3 is 0 Å². The molecule has 0 fully saturated rings. The molecule has 0 unspecified atom stereocenters. The molecule has 204 valence electrons. The number of aromatic nitrogens is 1. The summed E-state index contributed by atoms with van der Waals surface area (Å²) in [7, 11) is 0. The van der Waals surface area contributed by atoms with Gasteiger partial charge in [-0.15, -0.1) is 0 Å². The van der Waals surface area contributed by atoms with Crippen LogP contribution in [0.3, 0.4) is 0 Å². The van der Waals surface area contributed by atoms with Crippen molar-refractivity contribution in [3.05, 3.63) is 132 Å². The van der Waals surface area contributed by atoms with Gasteiger partial charge in [0, 0.05) is 33.4 Å². The Hall–Kier alpha value is -4.43. The second-order valence-electron chi connectivity index (χ2n) is 13.0. The molecule has 0 spiro atoms. The zero-order valence-corrected chi connectivity index (χ0v) is 24.9. The van der Waals surface area contributed by atoms with Crippen LogP contribution in [0.4, 0.5) is 17.1 Å².